The van der Waals surface area contributed by atoms with Crippen LogP contribution in [0, 0.1) is 5.92 Å². The maximum atomic E-state index is 12.3. The number of anilines is 2. The van der Waals surface area contributed by atoms with Crippen molar-refractivity contribution >= 4 is 34.9 Å². The Morgan fingerprint density at radius 3 is 2.61 bits per heavy atom. The van der Waals surface area contributed by atoms with E-state index in [4.69, 9.17) is 21.1 Å². The van der Waals surface area contributed by atoms with Crippen LogP contribution in [-0.4, -0.2) is 39.2 Å². The van der Waals surface area contributed by atoms with Crippen LogP contribution in [0.25, 0.3) is 0 Å². The summed E-state index contributed by atoms with van der Waals surface area (Å²) in [6.07, 6.45) is 0.384. The van der Waals surface area contributed by atoms with E-state index < -0.39 is 0 Å². The first-order chi connectivity index (χ1) is 13.5. The molecule has 8 heteroatoms. The van der Waals surface area contributed by atoms with Crippen molar-refractivity contribution in [3.8, 4) is 11.5 Å². The number of hydrogen-bond donors (Lipinski definition) is 2. The van der Waals surface area contributed by atoms with Crippen molar-refractivity contribution in [2.24, 2.45) is 5.92 Å². The highest BCUT2D eigenvalue weighted by atomic mass is 35.5. The third-order valence-electron chi connectivity index (χ3n) is 4.55. The second-order valence-electron chi connectivity index (χ2n) is 6.45. The van der Waals surface area contributed by atoms with Gasteiger partial charge in [0.05, 0.1) is 19.9 Å². The molecular weight excluding hydrogens is 382 g/mol. The molecule has 2 aromatic carbocycles. The van der Waals surface area contributed by atoms with Crippen molar-refractivity contribution in [3.05, 3.63) is 47.5 Å². The van der Waals surface area contributed by atoms with E-state index >= 15 is 0 Å². The minimum Gasteiger partial charge on any atom is -0.497 e. The fraction of sp³-hybridized carbons (Fsp3) is 0.300. The van der Waals surface area contributed by atoms with Crippen LogP contribution in [0.1, 0.15) is 6.42 Å². The fourth-order valence-corrected chi connectivity index (χ4v) is 3.22. The molecule has 28 heavy (non-hydrogen) atoms. The van der Waals surface area contributed by atoms with Gasteiger partial charge in [0, 0.05) is 42.2 Å². The Hall–Kier alpha value is -2.93. The summed E-state index contributed by atoms with van der Waals surface area (Å²) < 4.78 is 10.4. The van der Waals surface area contributed by atoms with E-state index in [1.54, 1.807) is 42.3 Å². The molecule has 0 spiro atoms. The summed E-state index contributed by atoms with van der Waals surface area (Å²) in [4.78, 5) is 26.2. The maximum Gasteiger partial charge on any atom is 0.319 e. The lowest BCUT2D eigenvalue weighted by Gasteiger charge is -2.17. The number of ether oxygens (including phenoxy) is 2. The minimum atomic E-state index is -0.360. The van der Waals surface area contributed by atoms with Crippen molar-refractivity contribution in [1.82, 2.24) is 5.32 Å². The van der Waals surface area contributed by atoms with Crippen molar-refractivity contribution in [2.75, 3.05) is 37.5 Å². The number of hydrogen-bond acceptors (Lipinski definition) is 4. The van der Waals surface area contributed by atoms with Crippen molar-refractivity contribution in [1.29, 1.82) is 0 Å². The van der Waals surface area contributed by atoms with E-state index in [1.807, 2.05) is 12.1 Å². The summed E-state index contributed by atoms with van der Waals surface area (Å²) in [6.45, 7) is 0.937. The summed E-state index contributed by atoms with van der Waals surface area (Å²) in [7, 11) is 3.08. The highest BCUT2D eigenvalue weighted by Gasteiger charge is 2.30. The highest BCUT2D eigenvalue weighted by molar-refractivity contribution is 6.30. The van der Waals surface area contributed by atoms with Gasteiger partial charge in [-0.2, -0.15) is 0 Å². The summed E-state index contributed by atoms with van der Waals surface area (Å²) in [5.74, 6) is 1.20. The number of nitrogens with one attached hydrogen (secondary N) is 2. The largest absolute Gasteiger partial charge is 0.497 e. The number of carbonyl (C=O) groups is 2. The predicted molar refractivity (Wildman–Crippen MR) is 108 cm³/mol. The SMILES string of the molecule is COc1ccc(NC(=O)NC[C@@H]2CC(=O)N(c3ccc(Cl)cc3)C2)c(OC)c1. The van der Waals surface area contributed by atoms with Crippen LogP contribution >= 0.6 is 11.6 Å². The van der Waals surface area contributed by atoms with Gasteiger partial charge in [0.25, 0.3) is 0 Å². The molecule has 0 aliphatic carbocycles. The van der Waals surface area contributed by atoms with Gasteiger partial charge in [-0.05, 0) is 36.4 Å². The standard InChI is InChI=1S/C20H22ClN3O4/c1-27-16-7-8-17(18(10-16)28-2)23-20(26)22-11-13-9-19(25)24(12-13)15-5-3-14(21)4-6-15/h3-8,10,13H,9,11-12H2,1-2H3,(H2,22,23,26)/t13-/m0/s1. The Bertz CT molecular complexity index is 857. The van der Waals surface area contributed by atoms with Crippen LogP contribution < -0.4 is 25.0 Å². The zero-order chi connectivity index (χ0) is 20.1. The lowest BCUT2D eigenvalue weighted by molar-refractivity contribution is -0.117. The zero-order valence-electron chi connectivity index (χ0n) is 15.7. The topological polar surface area (TPSA) is 79.9 Å². The molecule has 3 amide bonds. The van der Waals surface area contributed by atoms with Gasteiger partial charge in [0.15, 0.2) is 0 Å². The van der Waals surface area contributed by atoms with Gasteiger partial charge in [0.2, 0.25) is 5.91 Å². The first-order valence-corrected chi connectivity index (χ1v) is 9.20. The molecule has 0 radical (unpaired) electrons. The molecule has 0 saturated carbocycles. The predicted octanol–water partition coefficient (Wildman–Crippen LogP) is 3.53. The van der Waals surface area contributed by atoms with Gasteiger partial charge in [-0.25, -0.2) is 4.79 Å². The number of urea groups is 1. The molecule has 7 nitrogen and oxygen atoms in total. The van der Waals surface area contributed by atoms with Gasteiger partial charge in [-0.3, -0.25) is 4.79 Å². The fourth-order valence-electron chi connectivity index (χ4n) is 3.09. The Morgan fingerprint density at radius 2 is 1.93 bits per heavy atom. The minimum absolute atomic E-state index is 0.0337. The monoisotopic (exact) mass is 403 g/mol. The van der Waals surface area contributed by atoms with Crippen molar-refractivity contribution < 1.29 is 19.1 Å². The number of benzene rings is 2. The molecule has 1 heterocycles. The number of carbonyl (C=O) groups excluding carboxylic acids is 2. The molecule has 0 unspecified atom stereocenters. The molecule has 1 saturated heterocycles. The van der Waals surface area contributed by atoms with Crippen LogP contribution in [0.4, 0.5) is 16.2 Å². The molecule has 0 aromatic heterocycles. The van der Waals surface area contributed by atoms with Crippen LogP contribution in [0.5, 0.6) is 11.5 Å². The molecule has 1 atom stereocenters. The van der Waals surface area contributed by atoms with E-state index in [1.165, 1.54) is 7.11 Å². The Morgan fingerprint density at radius 1 is 1.18 bits per heavy atom. The maximum absolute atomic E-state index is 12.3. The van der Waals surface area contributed by atoms with Crippen LogP contribution in [0.3, 0.4) is 0 Å². The summed E-state index contributed by atoms with van der Waals surface area (Å²) in [5, 5.41) is 6.20. The highest BCUT2D eigenvalue weighted by Crippen LogP contribution is 2.29. The average Bonchev–Trinajstić information content (AvgIpc) is 3.08. The van der Waals surface area contributed by atoms with Crippen molar-refractivity contribution in [2.45, 2.75) is 6.42 Å². The number of rotatable bonds is 6. The van der Waals surface area contributed by atoms with Gasteiger partial charge in [0.1, 0.15) is 11.5 Å². The van der Waals surface area contributed by atoms with Crippen LogP contribution in [-0.2, 0) is 4.79 Å². The number of amides is 3. The molecule has 1 fully saturated rings. The summed E-state index contributed by atoms with van der Waals surface area (Å²) in [6, 6.07) is 11.9. The molecule has 148 valence electrons. The average molecular weight is 404 g/mol. The zero-order valence-corrected chi connectivity index (χ0v) is 16.5. The van der Waals surface area contributed by atoms with E-state index in [2.05, 4.69) is 10.6 Å². The molecular formula is C20H22ClN3O4. The molecule has 2 aromatic rings. The number of nitrogens with zero attached hydrogens (tertiary/aromatic N) is 1. The first-order valence-electron chi connectivity index (χ1n) is 8.83. The van der Waals surface area contributed by atoms with E-state index in [0.29, 0.717) is 41.7 Å². The lowest BCUT2D eigenvalue weighted by Crippen LogP contribution is -2.34. The second-order valence-corrected chi connectivity index (χ2v) is 6.89. The third-order valence-corrected chi connectivity index (χ3v) is 4.80. The second kappa shape index (κ2) is 8.84. The van der Waals surface area contributed by atoms with Crippen LogP contribution in [0.15, 0.2) is 42.5 Å². The van der Waals surface area contributed by atoms with E-state index in [0.717, 1.165) is 5.69 Å². The number of halogens is 1. The number of methoxy groups -OCH3 is 2. The molecule has 1 aliphatic heterocycles. The van der Waals surface area contributed by atoms with E-state index in [9.17, 15) is 9.59 Å². The van der Waals surface area contributed by atoms with Crippen molar-refractivity contribution in [3.63, 3.8) is 0 Å². The van der Waals surface area contributed by atoms with E-state index in [-0.39, 0.29) is 17.9 Å². The smallest absolute Gasteiger partial charge is 0.319 e. The molecule has 1 aliphatic rings. The molecule has 2 N–H and O–H groups in total. The van der Waals surface area contributed by atoms with Gasteiger partial charge in [-0.1, -0.05) is 11.6 Å². The Labute approximate surface area is 168 Å². The Kier molecular flexibility index (Phi) is 6.26. The Balaban J connectivity index is 1.54. The first kappa shape index (κ1) is 19.8. The summed E-state index contributed by atoms with van der Waals surface area (Å²) >= 11 is 5.90. The van der Waals surface area contributed by atoms with Gasteiger partial charge in [-0.15, -0.1) is 0 Å². The molecule has 3 rings (SSSR count). The van der Waals surface area contributed by atoms with Gasteiger partial charge >= 0.3 is 6.03 Å². The third kappa shape index (κ3) is 4.67. The lowest BCUT2D eigenvalue weighted by atomic mass is 10.1. The quantitative estimate of drug-likeness (QED) is 0.773. The molecule has 0 bridgehead atoms. The normalized spacial score (nSPS) is 16.0. The van der Waals surface area contributed by atoms with Gasteiger partial charge < -0.3 is 25.0 Å². The summed E-state index contributed by atoms with van der Waals surface area (Å²) in [5.41, 5.74) is 1.34. The van der Waals surface area contributed by atoms with Crippen LogP contribution in [0.2, 0.25) is 5.02 Å².